The van der Waals surface area contributed by atoms with Crippen LogP contribution in [0.4, 0.5) is 0 Å². The lowest BCUT2D eigenvalue weighted by Crippen LogP contribution is -2.37. The highest BCUT2D eigenvalue weighted by molar-refractivity contribution is 6.14. The summed E-state index contributed by atoms with van der Waals surface area (Å²) in [4.78, 5) is 31.2. The number of aliphatic hydroxyl groups excluding tert-OH is 1. The molecule has 0 aromatic carbocycles. The van der Waals surface area contributed by atoms with Crippen LogP contribution in [0, 0.1) is 0 Å². The number of aromatic nitrogens is 1. The average molecular weight is 354 g/mol. The maximum Gasteiger partial charge on any atom is 0.290 e. The average Bonchev–Trinajstić information content (AvgIpc) is 3.40. The molecular weight excluding hydrogens is 336 g/mol. The molecule has 0 unspecified atom stereocenters. The Labute approximate surface area is 149 Å². The number of aliphatic hydroxyl groups is 1. The highest BCUT2D eigenvalue weighted by atomic mass is 16.5. The van der Waals surface area contributed by atoms with Crippen LogP contribution in [0.15, 0.2) is 58.7 Å². The number of ether oxygens (including phenoxy) is 1. The molecule has 134 valence electrons. The summed E-state index contributed by atoms with van der Waals surface area (Å²) >= 11 is 0. The van der Waals surface area contributed by atoms with Gasteiger partial charge >= 0.3 is 0 Å². The first kappa shape index (κ1) is 16.5. The fourth-order valence-corrected chi connectivity index (χ4v) is 3.51. The van der Waals surface area contributed by atoms with Crippen molar-refractivity contribution in [3.05, 3.63) is 65.6 Å². The monoisotopic (exact) mass is 354 g/mol. The molecule has 7 nitrogen and oxygen atoms in total. The molecule has 0 spiro atoms. The minimum absolute atomic E-state index is 0.0101. The van der Waals surface area contributed by atoms with Crippen LogP contribution < -0.4 is 0 Å². The number of Topliss-reactive ketones (excluding diaryl/α,β-unsaturated/α-hetero) is 1. The Morgan fingerprint density at radius 2 is 2.23 bits per heavy atom. The van der Waals surface area contributed by atoms with Gasteiger partial charge in [-0.3, -0.25) is 14.6 Å². The number of nitrogens with zero attached hydrogens (tertiary/aromatic N) is 2. The summed E-state index contributed by atoms with van der Waals surface area (Å²) < 4.78 is 10.8. The molecule has 1 N–H and O–H groups in total. The smallest absolute Gasteiger partial charge is 0.290 e. The third-order valence-electron chi connectivity index (χ3n) is 4.72. The van der Waals surface area contributed by atoms with Gasteiger partial charge in [-0.15, -0.1) is 0 Å². The molecule has 0 bridgehead atoms. The Morgan fingerprint density at radius 1 is 1.35 bits per heavy atom. The molecule has 4 heterocycles. The van der Waals surface area contributed by atoms with Crippen molar-refractivity contribution in [3.8, 4) is 0 Å². The van der Waals surface area contributed by atoms with Crippen molar-refractivity contribution >= 4 is 11.7 Å². The first-order chi connectivity index (χ1) is 12.7. The van der Waals surface area contributed by atoms with Gasteiger partial charge in [0.15, 0.2) is 11.5 Å². The van der Waals surface area contributed by atoms with Crippen molar-refractivity contribution in [2.45, 2.75) is 25.0 Å². The van der Waals surface area contributed by atoms with Crippen LogP contribution in [0.1, 0.15) is 35.0 Å². The van der Waals surface area contributed by atoms with Crippen molar-refractivity contribution in [2.75, 3.05) is 13.2 Å². The fraction of sp³-hybridized carbons (Fsp3) is 0.316. The van der Waals surface area contributed by atoms with Gasteiger partial charge in [0.25, 0.3) is 5.91 Å². The molecule has 0 saturated carbocycles. The number of carbonyl (C=O) groups is 2. The Kier molecular flexibility index (Phi) is 4.30. The number of hydrogen-bond acceptors (Lipinski definition) is 6. The molecule has 2 atom stereocenters. The zero-order valence-corrected chi connectivity index (χ0v) is 14.0. The summed E-state index contributed by atoms with van der Waals surface area (Å²) in [5.74, 6) is -1.56. The normalized spacial score (nSPS) is 23.1. The van der Waals surface area contributed by atoms with E-state index in [0.717, 1.165) is 12.8 Å². The molecular formula is C19H18N2O5. The standard InChI is InChI=1S/C19H18N2O5/c22-17(14-6-3-9-26-14)15-16(12-4-1-7-20-10-12)21(19(24)18(15)23)11-13-5-2-8-25-13/h1,3-4,6-7,9-10,13,16,23H,2,5,8,11H2/t13-,16+/m1/s1. The summed E-state index contributed by atoms with van der Waals surface area (Å²) in [7, 11) is 0. The van der Waals surface area contributed by atoms with E-state index >= 15 is 0 Å². The van der Waals surface area contributed by atoms with Crippen LogP contribution in [0.2, 0.25) is 0 Å². The van der Waals surface area contributed by atoms with Gasteiger partial charge in [-0.2, -0.15) is 0 Å². The second-order valence-electron chi connectivity index (χ2n) is 6.35. The first-order valence-electron chi connectivity index (χ1n) is 8.50. The molecule has 1 fully saturated rings. The molecule has 2 aliphatic heterocycles. The molecule has 2 aromatic rings. The second-order valence-corrected chi connectivity index (χ2v) is 6.35. The van der Waals surface area contributed by atoms with E-state index in [1.54, 1.807) is 30.6 Å². The van der Waals surface area contributed by atoms with Gasteiger partial charge < -0.3 is 19.2 Å². The molecule has 2 aliphatic rings. The topological polar surface area (TPSA) is 92.9 Å². The lowest BCUT2D eigenvalue weighted by Gasteiger charge is -2.28. The maximum absolute atomic E-state index is 12.9. The summed E-state index contributed by atoms with van der Waals surface area (Å²) in [5, 5.41) is 10.5. The Balaban J connectivity index is 1.74. The van der Waals surface area contributed by atoms with E-state index < -0.39 is 23.5 Å². The van der Waals surface area contributed by atoms with Gasteiger partial charge in [-0.25, -0.2) is 0 Å². The number of ketones is 1. The summed E-state index contributed by atoms with van der Waals surface area (Å²) in [6.07, 6.45) is 6.25. The minimum atomic E-state index is -0.724. The molecule has 26 heavy (non-hydrogen) atoms. The number of carbonyl (C=O) groups excluding carboxylic acids is 2. The van der Waals surface area contributed by atoms with Gasteiger partial charge in [-0.05, 0) is 36.6 Å². The third-order valence-corrected chi connectivity index (χ3v) is 4.72. The molecule has 1 amide bonds. The van der Waals surface area contributed by atoms with Crippen LogP contribution in [0.25, 0.3) is 0 Å². The van der Waals surface area contributed by atoms with Crippen molar-refractivity contribution < 1.29 is 23.8 Å². The molecule has 1 saturated heterocycles. The van der Waals surface area contributed by atoms with Crippen LogP contribution in [0.3, 0.4) is 0 Å². The number of amides is 1. The molecule has 2 aromatic heterocycles. The maximum atomic E-state index is 12.9. The van der Waals surface area contributed by atoms with E-state index in [1.165, 1.54) is 17.2 Å². The Bertz CT molecular complexity index is 838. The van der Waals surface area contributed by atoms with Gasteiger partial charge in [0.05, 0.1) is 24.0 Å². The van der Waals surface area contributed by atoms with Crippen LogP contribution in [-0.4, -0.2) is 45.9 Å². The lowest BCUT2D eigenvalue weighted by atomic mass is 9.96. The van der Waals surface area contributed by atoms with E-state index in [4.69, 9.17) is 9.15 Å². The largest absolute Gasteiger partial charge is 0.503 e. The van der Waals surface area contributed by atoms with Crippen LogP contribution >= 0.6 is 0 Å². The van der Waals surface area contributed by atoms with E-state index in [9.17, 15) is 14.7 Å². The highest BCUT2D eigenvalue weighted by Crippen LogP contribution is 2.39. The quantitative estimate of drug-likeness (QED) is 0.829. The van der Waals surface area contributed by atoms with E-state index in [2.05, 4.69) is 4.98 Å². The van der Waals surface area contributed by atoms with Crippen molar-refractivity contribution in [1.29, 1.82) is 0 Å². The SMILES string of the molecule is O=C(C1=C(O)C(=O)N(C[C@H]2CCCO2)[C@H]1c1cccnc1)c1ccco1. The van der Waals surface area contributed by atoms with Crippen LogP contribution in [-0.2, 0) is 9.53 Å². The predicted molar refractivity (Wildman–Crippen MR) is 90.4 cm³/mol. The minimum Gasteiger partial charge on any atom is -0.503 e. The summed E-state index contributed by atoms with van der Waals surface area (Å²) in [6, 6.07) is 5.88. The van der Waals surface area contributed by atoms with Gasteiger partial charge in [0.1, 0.15) is 0 Å². The van der Waals surface area contributed by atoms with Crippen LogP contribution in [0.5, 0.6) is 0 Å². The summed E-state index contributed by atoms with van der Waals surface area (Å²) in [5.41, 5.74) is 0.661. The first-order valence-corrected chi connectivity index (χ1v) is 8.50. The van der Waals surface area contributed by atoms with Crippen molar-refractivity contribution in [2.24, 2.45) is 0 Å². The fourth-order valence-electron chi connectivity index (χ4n) is 3.51. The van der Waals surface area contributed by atoms with E-state index in [0.29, 0.717) is 18.7 Å². The zero-order chi connectivity index (χ0) is 18.1. The number of rotatable bonds is 5. The Hall–Kier alpha value is -2.93. The van der Waals surface area contributed by atoms with Gasteiger partial charge in [-0.1, -0.05) is 6.07 Å². The van der Waals surface area contributed by atoms with E-state index in [1.807, 2.05) is 0 Å². The second kappa shape index (κ2) is 6.76. The molecule has 0 aliphatic carbocycles. The molecule has 7 heteroatoms. The number of pyridine rings is 1. The zero-order valence-electron chi connectivity index (χ0n) is 14.0. The van der Waals surface area contributed by atoms with Gasteiger partial charge in [0.2, 0.25) is 5.78 Å². The Morgan fingerprint density at radius 3 is 2.88 bits per heavy atom. The lowest BCUT2D eigenvalue weighted by molar-refractivity contribution is -0.131. The van der Waals surface area contributed by atoms with Crippen molar-refractivity contribution in [1.82, 2.24) is 9.88 Å². The van der Waals surface area contributed by atoms with E-state index in [-0.39, 0.29) is 17.4 Å². The highest BCUT2D eigenvalue weighted by Gasteiger charge is 2.45. The third kappa shape index (κ3) is 2.80. The molecule has 4 rings (SSSR count). The number of furan rings is 1. The predicted octanol–water partition coefficient (Wildman–Crippen LogP) is 2.43. The number of hydrogen-bond donors (Lipinski definition) is 1. The van der Waals surface area contributed by atoms with Crippen molar-refractivity contribution in [3.63, 3.8) is 0 Å². The van der Waals surface area contributed by atoms with Gasteiger partial charge in [0, 0.05) is 25.5 Å². The summed E-state index contributed by atoms with van der Waals surface area (Å²) in [6.45, 7) is 0.958. The molecule has 0 radical (unpaired) electrons.